The van der Waals surface area contributed by atoms with Gasteiger partial charge in [-0.05, 0) is 72.5 Å². The first kappa shape index (κ1) is 21.6. The van der Waals surface area contributed by atoms with E-state index in [4.69, 9.17) is 4.42 Å². The Morgan fingerprint density at radius 3 is 2.50 bits per heavy atom. The Bertz CT molecular complexity index is 1280. The van der Waals surface area contributed by atoms with Gasteiger partial charge in [-0.1, -0.05) is 6.07 Å². The van der Waals surface area contributed by atoms with Crippen molar-refractivity contribution in [1.29, 1.82) is 0 Å². The van der Waals surface area contributed by atoms with Crippen molar-refractivity contribution in [2.24, 2.45) is 0 Å². The minimum absolute atomic E-state index is 0.124. The van der Waals surface area contributed by atoms with Crippen molar-refractivity contribution in [3.05, 3.63) is 77.2 Å². The van der Waals surface area contributed by atoms with Gasteiger partial charge in [0, 0.05) is 31.4 Å². The van der Waals surface area contributed by atoms with Crippen LogP contribution in [0.3, 0.4) is 0 Å². The second kappa shape index (κ2) is 8.51. The number of aryl methyl sites for hydroxylation is 1. The molecule has 1 aliphatic heterocycles. The van der Waals surface area contributed by atoms with E-state index in [0.717, 1.165) is 11.1 Å². The zero-order valence-corrected chi connectivity index (χ0v) is 18.5. The minimum atomic E-state index is -3.84. The molecule has 3 aromatic rings. The number of anilines is 2. The molecule has 2 aromatic carbocycles. The molecule has 4 rings (SSSR count). The lowest BCUT2D eigenvalue weighted by Gasteiger charge is -2.28. The lowest BCUT2D eigenvalue weighted by Crippen LogP contribution is -2.35. The molecule has 0 saturated heterocycles. The van der Waals surface area contributed by atoms with Crippen molar-refractivity contribution >= 4 is 33.2 Å². The quantitative estimate of drug-likeness (QED) is 0.614. The van der Waals surface area contributed by atoms with Crippen molar-refractivity contribution in [2.45, 2.75) is 31.7 Å². The molecule has 0 unspecified atom stereocenters. The van der Waals surface area contributed by atoms with Crippen molar-refractivity contribution < 1.29 is 22.4 Å². The van der Waals surface area contributed by atoms with Gasteiger partial charge in [-0.3, -0.25) is 14.3 Å². The Hall–Kier alpha value is -3.59. The maximum Gasteiger partial charge on any atom is 0.289 e. The summed E-state index contributed by atoms with van der Waals surface area (Å²) in [5, 5.41) is 2.64. The maximum atomic E-state index is 13.0. The van der Waals surface area contributed by atoms with Crippen LogP contribution < -0.4 is 10.0 Å². The summed E-state index contributed by atoms with van der Waals surface area (Å²) in [6.07, 6.45) is 2.14. The number of fused-ring (bicyclic) bond motifs is 1. The summed E-state index contributed by atoms with van der Waals surface area (Å²) >= 11 is 0. The Kier molecular flexibility index (Phi) is 5.75. The molecule has 0 bridgehead atoms. The van der Waals surface area contributed by atoms with Crippen LogP contribution in [0.4, 0.5) is 11.4 Å². The second-order valence-electron chi connectivity index (χ2n) is 7.70. The third-order valence-corrected chi connectivity index (χ3v) is 6.82. The normalized spacial score (nSPS) is 13.4. The molecule has 2 N–H and O–H groups in total. The summed E-state index contributed by atoms with van der Waals surface area (Å²) in [5.74, 6) is -0.142. The van der Waals surface area contributed by atoms with Crippen molar-refractivity contribution in [1.82, 2.24) is 4.90 Å². The van der Waals surface area contributed by atoms with Crippen LogP contribution in [-0.4, -0.2) is 31.7 Å². The number of nitrogens with zero attached hydrogens (tertiary/aromatic N) is 1. The number of amides is 2. The monoisotopic (exact) mass is 453 g/mol. The fourth-order valence-electron chi connectivity index (χ4n) is 3.79. The Morgan fingerprint density at radius 2 is 1.81 bits per heavy atom. The molecule has 0 fully saturated rings. The maximum absolute atomic E-state index is 13.0. The zero-order chi connectivity index (χ0) is 22.9. The molecule has 166 valence electrons. The van der Waals surface area contributed by atoms with E-state index in [1.54, 1.807) is 48.2 Å². The predicted octanol–water partition coefficient (Wildman–Crippen LogP) is 3.55. The first-order valence-corrected chi connectivity index (χ1v) is 11.6. The van der Waals surface area contributed by atoms with Gasteiger partial charge in [0.15, 0.2) is 5.76 Å². The van der Waals surface area contributed by atoms with Gasteiger partial charge in [-0.15, -0.1) is 0 Å². The smallest absolute Gasteiger partial charge is 0.289 e. The van der Waals surface area contributed by atoms with Gasteiger partial charge in [0.1, 0.15) is 0 Å². The minimum Gasteiger partial charge on any atom is -0.459 e. The van der Waals surface area contributed by atoms with Gasteiger partial charge in [0.25, 0.3) is 15.9 Å². The highest BCUT2D eigenvalue weighted by molar-refractivity contribution is 7.92. The summed E-state index contributed by atoms with van der Waals surface area (Å²) in [6.45, 7) is 4.00. The van der Waals surface area contributed by atoms with E-state index in [0.29, 0.717) is 36.4 Å². The molecule has 9 heteroatoms. The van der Waals surface area contributed by atoms with E-state index >= 15 is 0 Å². The van der Waals surface area contributed by atoms with Gasteiger partial charge in [0.2, 0.25) is 5.91 Å². The molecule has 0 radical (unpaired) electrons. The molecule has 2 amide bonds. The van der Waals surface area contributed by atoms with Gasteiger partial charge in [-0.2, -0.15) is 0 Å². The first-order valence-electron chi connectivity index (χ1n) is 10.1. The third kappa shape index (κ3) is 4.52. The van der Waals surface area contributed by atoms with E-state index < -0.39 is 10.0 Å². The lowest BCUT2D eigenvalue weighted by atomic mass is 9.99. The fourth-order valence-corrected chi connectivity index (χ4v) is 5.07. The van der Waals surface area contributed by atoms with Crippen LogP contribution in [0.15, 0.2) is 64.1 Å². The second-order valence-corrected chi connectivity index (χ2v) is 9.36. The fraction of sp³-hybridized carbons (Fsp3) is 0.217. The Labute approximate surface area is 186 Å². The summed E-state index contributed by atoms with van der Waals surface area (Å²) in [5.41, 5.74) is 3.42. The molecule has 0 spiro atoms. The number of nitrogens with one attached hydrogen (secondary N) is 2. The average Bonchev–Trinajstić information content (AvgIpc) is 3.26. The summed E-state index contributed by atoms with van der Waals surface area (Å²) < 4.78 is 33.8. The number of hydrogen-bond donors (Lipinski definition) is 2. The number of sulfonamides is 1. The molecule has 0 aliphatic carbocycles. The largest absolute Gasteiger partial charge is 0.459 e. The molecule has 8 nitrogen and oxygen atoms in total. The van der Waals surface area contributed by atoms with Crippen molar-refractivity contribution in [2.75, 3.05) is 16.6 Å². The van der Waals surface area contributed by atoms with Gasteiger partial charge in [-0.25, -0.2) is 8.42 Å². The summed E-state index contributed by atoms with van der Waals surface area (Å²) in [4.78, 5) is 25.6. The van der Waals surface area contributed by atoms with E-state index in [1.807, 2.05) is 6.07 Å². The number of rotatable bonds is 5. The SMILES string of the molecule is CC(=O)Nc1ccc(S(=O)(=O)Nc2ccc3c(c2)CN(C(=O)c2ccco2)CC3)c(C)c1. The predicted molar refractivity (Wildman–Crippen MR) is 120 cm³/mol. The Balaban J connectivity index is 1.54. The molecule has 0 saturated carbocycles. The number of furan rings is 1. The van der Waals surface area contributed by atoms with Crippen molar-refractivity contribution in [3.8, 4) is 0 Å². The average molecular weight is 454 g/mol. The summed E-state index contributed by atoms with van der Waals surface area (Å²) in [7, 11) is -3.84. The topological polar surface area (TPSA) is 109 Å². The molecular formula is C23H23N3O5S. The van der Waals surface area contributed by atoms with Gasteiger partial charge in [0.05, 0.1) is 11.2 Å². The van der Waals surface area contributed by atoms with Crippen LogP contribution in [0.1, 0.15) is 34.2 Å². The highest BCUT2D eigenvalue weighted by atomic mass is 32.2. The molecule has 1 aromatic heterocycles. The number of carbonyl (C=O) groups excluding carboxylic acids is 2. The van der Waals surface area contributed by atoms with Gasteiger partial charge < -0.3 is 14.6 Å². The van der Waals surface area contributed by atoms with Crippen LogP contribution in [-0.2, 0) is 27.8 Å². The Morgan fingerprint density at radius 1 is 1.03 bits per heavy atom. The highest BCUT2D eigenvalue weighted by Gasteiger charge is 2.24. The van der Waals surface area contributed by atoms with Crippen LogP contribution in [0, 0.1) is 6.92 Å². The van der Waals surface area contributed by atoms with E-state index in [-0.39, 0.29) is 22.5 Å². The van der Waals surface area contributed by atoms with Crippen LogP contribution >= 0.6 is 0 Å². The molecular weight excluding hydrogens is 430 g/mol. The zero-order valence-electron chi connectivity index (χ0n) is 17.7. The van der Waals surface area contributed by atoms with E-state index in [2.05, 4.69) is 10.0 Å². The van der Waals surface area contributed by atoms with E-state index in [1.165, 1.54) is 19.3 Å². The van der Waals surface area contributed by atoms with Crippen LogP contribution in [0.25, 0.3) is 0 Å². The third-order valence-electron chi connectivity index (χ3n) is 5.27. The standard InChI is InChI=1S/C23H23N3O5S/c1-15-12-19(24-16(2)27)7-8-22(15)32(29,30)25-20-6-5-17-9-10-26(14-18(17)13-20)23(28)21-4-3-11-31-21/h3-8,11-13,25H,9-10,14H2,1-2H3,(H,24,27). The lowest BCUT2D eigenvalue weighted by molar-refractivity contribution is -0.114. The van der Waals surface area contributed by atoms with Crippen molar-refractivity contribution in [3.63, 3.8) is 0 Å². The first-order chi connectivity index (χ1) is 15.2. The molecule has 2 heterocycles. The van der Waals surface area contributed by atoms with E-state index in [9.17, 15) is 18.0 Å². The van der Waals surface area contributed by atoms with Gasteiger partial charge >= 0.3 is 0 Å². The molecule has 32 heavy (non-hydrogen) atoms. The number of hydrogen-bond acceptors (Lipinski definition) is 5. The number of carbonyl (C=O) groups is 2. The highest BCUT2D eigenvalue weighted by Crippen LogP contribution is 2.27. The van der Waals surface area contributed by atoms with Crippen LogP contribution in [0.2, 0.25) is 0 Å². The molecule has 0 atom stereocenters. The molecule has 1 aliphatic rings. The number of benzene rings is 2. The summed E-state index contributed by atoms with van der Waals surface area (Å²) in [6, 6.07) is 13.3. The van der Waals surface area contributed by atoms with Crippen LogP contribution in [0.5, 0.6) is 0 Å².